The van der Waals surface area contributed by atoms with E-state index < -0.39 is 23.7 Å². The second-order valence-electron chi connectivity index (χ2n) is 9.54. The number of carbonyl (C=O) groups is 3. The molecular weight excluding hydrogens is 572 g/mol. The van der Waals surface area contributed by atoms with E-state index in [2.05, 4.69) is 18.5 Å². The van der Waals surface area contributed by atoms with E-state index in [1.165, 1.54) is 12.0 Å². The first kappa shape index (κ1) is 31.3. The Hall–Kier alpha value is -4.64. The van der Waals surface area contributed by atoms with Gasteiger partial charge in [0.05, 0.1) is 37.6 Å². The molecule has 4 rings (SSSR count). The number of thiazole rings is 1. The summed E-state index contributed by atoms with van der Waals surface area (Å²) in [6.45, 7) is 10.00. The predicted molar refractivity (Wildman–Crippen MR) is 163 cm³/mol. The monoisotopic (exact) mass is 606 g/mol. The lowest BCUT2D eigenvalue weighted by molar-refractivity contribution is -0.132. The minimum atomic E-state index is -1.09. The van der Waals surface area contributed by atoms with Crippen LogP contribution in [0.4, 0.5) is 5.13 Å². The average molecular weight is 607 g/mol. The summed E-state index contributed by atoms with van der Waals surface area (Å²) in [7, 11) is 1.47. The van der Waals surface area contributed by atoms with Crippen LogP contribution >= 0.6 is 11.3 Å². The molecule has 0 aliphatic carbocycles. The van der Waals surface area contributed by atoms with Gasteiger partial charge in [-0.25, -0.2) is 9.78 Å². The van der Waals surface area contributed by atoms with Crippen molar-refractivity contribution < 1.29 is 38.4 Å². The number of esters is 1. The molecule has 11 heteroatoms. The van der Waals surface area contributed by atoms with Gasteiger partial charge in [-0.15, -0.1) is 0 Å². The number of anilines is 1. The molecule has 43 heavy (non-hydrogen) atoms. The Balaban J connectivity index is 1.86. The number of nitrogens with zero attached hydrogens (tertiary/aromatic N) is 2. The maximum Gasteiger partial charge on any atom is 0.350 e. The molecule has 3 aromatic rings. The largest absolute Gasteiger partial charge is 0.507 e. The van der Waals surface area contributed by atoms with Crippen LogP contribution in [0.3, 0.4) is 0 Å². The third kappa shape index (κ3) is 6.56. The zero-order valence-electron chi connectivity index (χ0n) is 24.5. The number of amides is 1. The Kier molecular flexibility index (Phi) is 10.2. The molecule has 10 nitrogen and oxygen atoms in total. The molecule has 1 aliphatic rings. The maximum atomic E-state index is 13.6. The van der Waals surface area contributed by atoms with Crippen molar-refractivity contribution in [1.82, 2.24) is 4.98 Å². The molecule has 0 spiro atoms. The topological polar surface area (TPSA) is 124 Å². The summed E-state index contributed by atoms with van der Waals surface area (Å²) in [6, 6.07) is 10.5. The van der Waals surface area contributed by atoms with Crippen LogP contribution in [0.2, 0.25) is 0 Å². The van der Waals surface area contributed by atoms with Gasteiger partial charge in [0.2, 0.25) is 0 Å². The van der Waals surface area contributed by atoms with E-state index in [9.17, 15) is 19.5 Å². The lowest BCUT2D eigenvalue weighted by Gasteiger charge is -2.24. The molecular formula is C32H34N2O8S. The van der Waals surface area contributed by atoms with Crippen molar-refractivity contribution in [2.75, 3.05) is 31.8 Å². The standard InChI is InChI=1S/C32H34N2O8S/c1-6-9-17-41-22-13-10-20(11-14-22)27(35)25-26(21-12-15-23(42-16-7-2)24(18-21)39-5)34(30(37)28(25)36)32-33-19(4)29(43-32)31(38)40-8-3/h7,10-15,18,26,35H,2,6,8-9,16-17H2,1,3-5H3/t26-/m0/s1. The minimum absolute atomic E-state index is 0.109. The van der Waals surface area contributed by atoms with E-state index in [4.69, 9.17) is 18.9 Å². The van der Waals surface area contributed by atoms with Gasteiger partial charge in [-0.3, -0.25) is 14.5 Å². The van der Waals surface area contributed by atoms with Crippen molar-refractivity contribution in [2.45, 2.75) is 39.7 Å². The normalized spacial score (nSPS) is 15.8. The molecule has 1 aromatic heterocycles. The Bertz CT molecular complexity index is 1540. The molecule has 0 saturated carbocycles. The highest BCUT2D eigenvalue weighted by atomic mass is 32.1. The number of carbonyl (C=O) groups excluding carboxylic acids is 3. The fourth-order valence-electron chi connectivity index (χ4n) is 4.54. The second-order valence-corrected chi connectivity index (χ2v) is 10.5. The molecule has 1 saturated heterocycles. The number of unbranched alkanes of at least 4 members (excludes halogenated alkanes) is 1. The SMILES string of the molecule is C=CCOc1ccc([C@H]2C(=C(O)c3ccc(OCCCC)cc3)C(=O)C(=O)N2c2nc(C)c(C(=O)OCC)s2)cc1OC. The van der Waals surface area contributed by atoms with Gasteiger partial charge < -0.3 is 24.1 Å². The number of Topliss-reactive ketones (excluding diaryl/α,β-unsaturated/α-hetero) is 1. The highest BCUT2D eigenvalue weighted by molar-refractivity contribution is 7.17. The molecule has 0 bridgehead atoms. The van der Waals surface area contributed by atoms with E-state index in [1.807, 2.05) is 0 Å². The van der Waals surface area contributed by atoms with Gasteiger partial charge in [0.1, 0.15) is 23.0 Å². The van der Waals surface area contributed by atoms with E-state index in [0.29, 0.717) is 40.7 Å². The van der Waals surface area contributed by atoms with Gasteiger partial charge in [0.15, 0.2) is 16.6 Å². The van der Waals surface area contributed by atoms with Crippen LogP contribution in [0, 0.1) is 6.92 Å². The Morgan fingerprint density at radius 1 is 1.12 bits per heavy atom. The summed E-state index contributed by atoms with van der Waals surface area (Å²) in [4.78, 5) is 45.6. The van der Waals surface area contributed by atoms with Crippen LogP contribution < -0.4 is 19.1 Å². The van der Waals surface area contributed by atoms with Crippen molar-refractivity contribution in [1.29, 1.82) is 0 Å². The molecule has 226 valence electrons. The average Bonchev–Trinajstić information content (AvgIpc) is 3.52. The number of ketones is 1. The molecule has 0 unspecified atom stereocenters. The Morgan fingerprint density at radius 3 is 2.51 bits per heavy atom. The van der Waals surface area contributed by atoms with E-state index in [1.54, 1.807) is 62.4 Å². The molecule has 1 fully saturated rings. The fourth-order valence-corrected chi connectivity index (χ4v) is 5.52. The summed E-state index contributed by atoms with van der Waals surface area (Å²) in [5, 5.41) is 11.6. The van der Waals surface area contributed by atoms with Gasteiger partial charge in [-0.05, 0) is 62.2 Å². The van der Waals surface area contributed by atoms with Crippen molar-refractivity contribution in [3.05, 3.63) is 82.4 Å². The van der Waals surface area contributed by atoms with Crippen LogP contribution in [0.1, 0.15) is 59.2 Å². The first-order valence-corrected chi connectivity index (χ1v) is 14.7. The smallest absolute Gasteiger partial charge is 0.350 e. The maximum absolute atomic E-state index is 13.6. The fraction of sp³-hybridized carbons (Fsp3) is 0.312. The molecule has 2 aromatic carbocycles. The first-order chi connectivity index (χ1) is 20.7. The number of aromatic nitrogens is 1. The van der Waals surface area contributed by atoms with Crippen LogP contribution in [-0.4, -0.2) is 54.7 Å². The van der Waals surface area contributed by atoms with Gasteiger partial charge >= 0.3 is 11.9 Å². The quantitative estimate of drug-likeness (QED) is 0.0622. The third-order valence-electron chi connectivity index (χ3n) is 6.65. The summed E-state index contributed by atoms with van der Waals surface area (Å²) in [5.41, 5.74) is 0.986. The highest BCUT2D eigenvalue weighted by Gasteiger charge is 2.48. The molecule has 1 N–H and O–H groups in total. The van der Waals surface area contributed by atoms with Gasteiger partial charge in [0.25, 0.3) is 5.78 Å². The number of hydrogen-bond acceptors (Lipinski definition) is 10. The molecule has 1 aliphatic heterocycles. The Labute approximate surface area is 254 Å². The molecule has 1 amide bonds. The number of aliphatic hydroxyl groups excluding tert-OH is 1. The van der Waals surface area contributed by atoms with Crippen LogP contribution in [0.25, 0.3) is 5.76 Å². The van der Waals surface area contributed by atoms with Gasteiger partial charge in [0, 0.05) is 5.56 Å². The summed E-state index contributed by atoms with van der Waals surface area (Å²) in [6.07, 6.45) is 3.49. The number of methoxy groups -OCH3 is 1. The molecule has 2 heterocycles. The van der Waals surface area contributed by atoms with Gasteiger partial charge in [-0.1, -0.05) is 43.4 Å². The van der Waals surface area contributed by atoms with Crippen molar-refractivity contribution in [2.24, 2.45) is 0 Å². The lowest BCUT2D eigenvalue weighted by Crippen LogP contribution is -2.29. The van der Waals surface area contributed by atoms with E-state index >= 15 is 0 Å². The zero-order valence-corrected chi connectivity index (χ0v) is 25.4. The van der Waals surface area contributed by atoms with Crippen LogP contribution in [-0.2, 0) is 14.3 Å². The molecule has 1 atom stereocenters. The predicted octanol–water partition coefficient (Wildman–Crippen LogP) is 6.01. The second kappa shape index (κ2) is 14.0. The molecule has 0 radical (unpaired) electrons. The van der Waals surface area contributed by atoms with E-state index in [0.717, 1.165) is 24.2 Å². The number of benzene rings is 2. The number of aliphatic hydroxyl groups is 1. The number of rotatable bonds is 13. The number of ether oxygens (including phenoxy) is 4. The van der Waals surface area contributed by atoms with Crippen molar-refractivity contribution in [3.63, 3.8) is 0 Å². The summed E-state index contributed by atoms with van der Waals surface area (Å²) >= 11 is 0.934. The van der Waals surface area contributed by atoms with Crippen molar-refractivity contribution in [3.8, 4) is 17.2 Å². The first-order valence-electron chi connectivity index (χ1n) is 13.9. The lowest BCUT2D eigenvalue weighted by atomic mass is 9.95. The highest BCUT2D eigenvalue weighted by Crippen LogP contribution is 2.45. The van der Waals surface area contributed by atoms with Crippen molar-refractivity contribution >= 4 is 39.9 Å². The number of aryl methyl sites for hydroxylation is 1. The minimum Gasteiger partial charge on any atom is -0.507 e. The van der Waals surface area contributed by atoms with Gasteiger partial charge in [-0.2, -0.15) is 0 Å². The van der Waals surface area contributed by atoms with Crippen LogP contribution in [0.15, 0.2) is 60.7 Å². The van der Waals surface area contributed by atoms with E-state index in [-0.39, 0.29) is 34.6 Å². The summed E-state index contributed by atoms with van der Waals surface area (Å²) in [5.74, 6) is -1.35. The zero-order chi connectivity index (χ0) is 31.1. The van der Waals surface area contributed by atoms with Crippen LogP contribution in [0.5, 0.6) is 17.2 Å². The summed E-state index contributed by atoms with van der Waals surface area (Å²) < 4.78 is 22.1. The third-order valence-corrected chi connectivity index (χ3v) is 7.79. The Morgan fingerprint density at radius 2 is 1.86 bits per heavy atom. The number of hydrogen-bond donors (Lipinski definition) is 1.